The second-order valence-corrected chi connectivity index (χ2v) is 3.79. The molecular weight excluding hydrogens is 260 g/mol. The first-order valence-electron chi connectivity index (χ1n) is 4.99. The minimum atomic E-state index is -1.56. The molecule has 0 saturated heterocycles. The number of carboxylic acids is 1. The maximum atomic E-state index is 11.7. The minimum absolute atomic E-state index is 0.0277. The highest BCUT2D eigenvalue weighted by molar-refractivity contribution is 6.18. The van der Waals surface area contributed by atoms with Crippen molar-refractivity contribution >= 4 is 28.5 Å². The molecule has 0 N–H and O–H groups in total. The van der Waals surface area contributed by atoms with Crippen LogP contribution >= 0.6 is 11.6 Å². The molecule has 94 valence electrons. The summed E-state index contributed by atoms with van der Waals surface area (Å²) in [6.07, 6.45) is 0. The average molecular weight is 268 g/mol. The SMILES string of the molecule is COc1ccc2c(=O)cc(C(=O)[O-])oc2c1CCl. The third-order valence-electron chi connectivity index (χ3n) is 2.51. The van der Waals surface area contributed by atoms with Gasteiger partial charge in [-0.2, -0.15) is 0 Å². The standard InChI is InChI=1S/C12H9ClO5/c1-17-9-3-2-6-8(14)4-10(12(15)16)18-11(6)7(9)5-13/h2-4H,5H2,1H3,(H,15,16)/p-1. The molecule has 0 radical (unpaired) electrons. The second kappa shape index (κ2) is 4.70. The zero-order chi connectivity index (χ0) is 13.3. The monoisotopic (exact) mass is 267 g/mol. The number of carboxylic acid groups (broad SMARTS) is 1. The van der Waals surface area contributed by atoms with Crippen molar-refractivity contribution in [3.05, 3.63) is 39.7 Å². The molecule has 0 unspecified atom stereocenters. The van der Waals surface area contributed by atoms with E-state index in [4.69, 9.17) is 20.8 Å². The van der Waals surface area contributed by atoms with Gasteiger partial charge in [0.2, 0.25) is 0 Å². The topological polar surface area (TPSA) is 79.6 Å². The van der Waals surface area contributed by atoms with E-state index in [2.05, 4.69) is 0 Å². The number of carbonyl (C=O) groups is 1. The van der Waals surface area contributed by atoms with Crippen LogP contribution in [0.4, 0.5) is 0 Å². The van der Waals surface area contributed by atoms with Gasteiger partial charge in [-0.3, -0.25) is 4.79 Å². The van der Waals surface area contributed by atoms with Crippen LogP contribution in [0.2, 0.25) is 0 Å². The number of alkyl halides is 1. The van der Waals surface area contributed by atoms with Gasteiger partial charge in [0, 0.05) is 6.07 Å². The molecule has 2 rings (SSSR count). The van der Waals surface area contributed by atoms with Crippen molar-refractivity contribution in [2.24, 2.45) is 0 Å². The lowest BCUT2D eigenvalue weighted by atomic mass is 10.1. The molecule has 1 aromatic carbocycles. The van der Waals surface area contributed by atoms with Gasteiger partial charge in [0.15, 0.2) is 11.2 Å². The van der Waals surface area contributed by atoms with Gasteiger partial charge in [-0.25, -0.2) is 0 Å². The van der Waals surface area contributed by atoms with Gasteiger partial charge >= 0.3 is 0 Å². The van der Waals surface area contributed by atoms with E-state index in [1.54, 1.807) is 6.07 Å². The van der Waals surface area contributed by atoms with Crippen LogP contribution in [0.25, 0.3) is 11.0 Å². The fourth-order valence-corrected chi connectivity index (χ4v) is 1.93. The third-order valence-corrected chi connectivity index (χ3v) is 2.78. The molecule has 0 atom stereocenters. The van der Waals surface area contributed by atoms with Gasteiger partial charge in [-0.05, 0) is 12.1 Å². The number of hydrogen-bond acceptors (Lipinski definition) is 5. The molecular formula is C12H8ClO5-. The Labute approximate surface area is 107 Å². The Balaban J connectivity index is 2.90. The highest BCUT2D eigenvalue weighted by Crippen LogP contribution is 2.28. The number of aromatic carboxylic acids is 1. The first kappa shape index (κ1) is 12.4. The van der Waals surface area contributed by atoms with E-state index in [9.17, 15) is 14.7 Å². The van der Waals surface area contributed by atoms with Crippen molar-refractivity contribution in [3.63, 3.8) is 0 Å². The summed E-state index contributed by atoms with van der Waals surface area (Å²) in [5, 5.41) is 11.0. The summed E-state index contributed by atoms with van der Waals surface area (Å²) in [4.78, 5) is 22.5. The van der Waals surface area contributed by atoms with Gasteiger partial charge in [-0.1, -0.05) is 0 Å². The summed E-state index contributed by atoms with van der Waals surface area (Å²) in [6.45, 7) is 0. The number of fused-ring (bicyclic) bond motifs is 1. The number of halogens is 1. The van der Waals surface area contributed by atoms with E-state index in [1.807, 2.05) is 0 Å². The number of hydrogen-bond donors (Lipinski definition) is 0. The van der Waals surface area contributed by atoms with Crippen LogP contribution < -0.4 is 15.3 Å². The molecule has 2 aromatic rings. The van der Waals surface area contributed by atoms with E-state index >= 15 is 0 Å². The molecule has 18 heavy (non-hydrogen) atoms. The highest BCUT2D eigenvalue weighted by Gasteiger charge is 2.13. The molecule has 0 spiro atoms. The van der Waals surface area contributed by atoms with Crippen LogP contribution in [-0.4, -0.2) is 13.1 Å². The van der Waals surface area contributed by atoms with Crippen LogP contribution in [0.1, 0.15) is 16.1 Å². The zero-order valence-electron chi connectivity index (χ0n) is 9.36. The van der Waals surface area contributed by atoms with Crippen LogP contribution in [0.5, 0.6) is 5.75 Å². The second-order valence-electron chi connectivity index (χ2n) is 3.52. The molecule has 6 heteroatoms. The van der Waals surface area contributed by atoms with E-state index in [0.29, 0.717) is 11.3 Å². The van der Waals surface area contributed by atoms with Crippen LogP contribution in [0, 0.1) is 0 Å². The average Bonchev–Trinajstić information content (AvgIpc) is 2.36. The van der Waals surface area contributed by atoms with Crippen molar-refractivity contribution in [3.8, 4) is 5.75 Å². The Hall–Kier alpha value is -2.01. The highest BCUT2D eigenvalue weighted by atomic mass is 35.5. The largest absolute Gasteiger partial charge is 0.542 e. The molecule has 5 nitrogen and oxygen atoms in total. The Morgan fingerprint density at radius 2 is 2.22 bits per heavy atom. The molecule has 0 aliphatic heterocycles. The summed E-state index contributed by atoms with van der Waals surface area (Å²) in [6, 6.07) is 3.95. The number of ether oxygens (including phenoxy) is 1. The first-order valence-corrected chi connectivity index (χ1v) is 5.53. The Bertz CT molecular complexity index is 674. The van der Waals surface area contributed by atoms with Crippen molar-refractivity contribution in [1.29, 1.82) is 0 Å². The summed E-state index contributed by atoms with van der Waals surface area (Å²) >= 11 is 5.77. The summed E-state index contributed by atoms with van der Waals surface area (Å²) in [7, 11) is 1.44. The van der Waals surface area contributed by atoms with Crippen LogP contribution in [0.3, 0.4) is 0 Å². The lowest BCUT2D eigenvalue weighted by Gasteiger charge is -2.10. The Morgan fingerprint density at radius 3 is 2.78 bits per heavy atom. The Kier molecular flexibility index (Phi) is 3.25. The predicted molar refractivity (Wildman–Crippen MR) is 62.9 cm³/mol. The normalized spacial score (nSPS) is 10.6. The maximum absolute atomic E-state index is 11.7. The van der Waals surface area contributed by atoms with Gasteiger partial charge in [0.25, 0.3) is 0 Å². The minimum Gasteiger partial charge on any atom is -0.542 e. The molecule has 0 amide bonds. The molecule has 1 heterocycles. The number of rotatable bonds is 3. The fourth-order valence-electron chi connectivity index (χ4n) is 1.67. The van der Waals surface area contributed by atoms with Crippen molar-refractivity contribution in [2.75, 3.05) is 7.11 Å². The number of carbonyl (C=O) groups excluding carboxylic acids is 1. The van der Waals surface area contributed by atoms with Gasteiger partial charge in [-0.15, -0.1) is 11.6 Å². The summed E-state index contributed by atoms with van der Waals surface area (Å²) < 4.78 is 10.2. The first-order chi connectivity index (χ1) is 8.58. The summed E-state index contributed by atoms with van der Waals surface area (Å²) in [5.74, 6) is -1.64. The smallest absolute Gasteiger partial charge is 0.193 e. The van der Waals surface area contributed by atoms with Gasteiger partial charge in [0.05, 0.1) is 23.9 Å². The van der Waals surface area contributed by atoms with Crippen LogP contribution in [-0.2, 0) is 5.88 Å². The predicted octanol–water partition coefficient (Wildman–Crippen LogP) is 0.904. The molecule has 0 bridgehead atoms. The van der Waals surface area contributed by atoms with E-state index < -0.39 is 17.2 Å². The quantitative estimate of drug-likeness (QED) is 0.772. The summed E-state index contributed by atoms with van der Waals surface area (Å²) in [5.41, 5.74) is 0.0670. The van der Waals surface area contributed by atoms with Gasteiger partial charge in [0.1, 0.15) is 17.3 Å². The van der Waals surface area contributed by atoms with Crippen LogP contribution in [0.15, 0.2) is 27.4 Å². The van der Waals surface area contributed by atoms with Crippen molar-refractivity contribution in [2.45, 2.75) is 5.88 Å². The number of methoxy groups -OCH3 is 1. The van der Waals surface area contributed by atoms with E-state index in [0.717, 1.165) is 6.07 Å². The number of benzene rings is 1. The molecule has 0 aliphatic rings. The lowest BCUT2D eigenvalue weighted by molar-refractivity contribution is -0.257. The van der Waals surface area contributed by atoms with Gasteiger partial charge < -0.3 is 19.1 Å². The molecule has 1 aromatic heterocycles. The zero-order valence-corrected chi connectivity index (χ0v) is 10.1. The molecule has 0 aliphatic carbocycles. The third kappa shape index (κ3) is 1.93. The van der Waals surface area contributed by atoms with E-state index in [1.165, 1.54) is 13.2 Å². The van der Waals surface area contributed by atoms with E-state index in [-0.39, 0.29) is 16.8 Å². The Morgan fingerprint density at radius 1 is 1.50 bits per heavy atom. The van der Waals surface area contributed by atoms with Crippen molar-refractivity contribution in [1.82, 2.24) is 0 Å². The lowest BCUT2D eigenvalue weighted by Crippen LogP contribution is -2.23. The maximum Gasteiger partial charge on any atom is 0.193 e. The molecule has 0 saturated carbocycles. The fraction of sp³-hybridized carbons (Fsp3) is 0.167. The van der Waals surface area contributed by atoms with Crippen molar-refractivity contribution < 1.29 is 19.1 Å². The molecule has 0 fully saturated rings.